The number of amides is 1. The number of likely N-dealkylation sites (N-methyl/N-ethyl adjacent to an activating group) is 1. The number of nitrogens with one attached hydrogen (secondary N) is 1. The maximum absolute atomic E-state index is 12.0. The number of rotatable bonds is 5. The van der Waals surface area contributed by atoms with E-state index in [1.54, 1.807) is 44.6 Å². The summed E-state index contributed by atoms with van der Waals surface area (Å²) in [6, 6.07) is 1.78. The smallest absolute Gasteiger partial charge is 0.257 e. The van der Waals surface area contributed by atoms with E-state index in [0.29, 0.717) is 18.7 Å². The molecule has 1 aromatic heterocycles. The summed E-state index contributed by atoms with van der Waals surface area (Å²) in [5.41, 5.74) is 1.35. The molecule has 5 nitrogen and oxygen atoms in total. The number of methoxy groups -OCH3 is 1. The number of carbonyl (C=O) groups is 1. The maximum Gasteiger partial charge on any atom is 0.257 e. The van der Waals surface area contributed by atoms with Gasteiger partial charge < -0.3 is 15.0 Å². The first kappa shape index (κ1) is 12.4. The number of pyridine rings is 1. The second kappa shape index (κ2) is 6.07. The van der Waals surface area contributed by atoms with Gasteiger partial charge in [0.05, 0.1) is 12.2 Å². The average Bonchev–Trinajstić information content (AvgIpc) is 2.34. The van der Waals surface area contributed by atoms with E-state index in [9.17, 15) is 4.79 Å². The number of aromatic nitrogens is 1. The van der Waals surface area contributed by atoms with Gasteiger partial charge in [-0.15, -0.1) is 0 Å². The van der Waals surface area contributed by atoms with Gasteiger partial charge in [0.2, 0.25) is 0 Å². The Kier molecular flexibility index (Phi) is 4.72. The topological polar surface area (TPSA) is 54.5 Å². The molecule has 1 heterocycles. The first-order chi connectivity index (χ1) is 7.70. The van der Waals surface area contributed by atoms with Gasteiger partial charge in [-0.05, 0) is 6.07 Å². The highest BCUT2D eigenvalue weighted by atomic mass is 16.5. The van der Waals surface area contributed by atoms with Crippen molar-refractivity contribution in [3.63, 3.8) is 0 Å². The van der Waals surface area contributed by atoms with Crippen LogP contribution in [0.3, 0.4) is 0 Å². The summed E-state index contributed by atoms with van der Waals surface area (Å²) < 4.78 is 4.93. The standard InChI is InChI=1S/C11H17N3O2/c1-12-10-4-5-13-8-9(10)11(15)14(2)6-7-16-3/h4-5,8H,6-7H2,1-3H3,(H,12,13). The van der Waals surface area contributed by atoms with Crippen molar-refractivity contribution in [1.29, 1.82) is 0 Å². The highest BCUT2D eigenvalue weighted by molar-refractivity contribution is 5.99. The summed E-state index contributed by atoms with van der Waals surface area (Å²) in [4.78, 5) is 17.6. The first-order valence-corrected chi connectivity index (χ1v) is 5.07. The van der Waals surface area contributed by atoms with E-state index in [-0.39, 0.29) is 5.91 Å². The predicted octanol–water partition coefficient (Wildman–Crippen LogP) is 0.842. The third kappa shape index (κ3) is 2.93. The fourth-order valence-corrected chi connectivity index (χ4v) is 1.32. The van der Waals surface area contributed by atoms with E-state index in [2.05, 4.69) is 10.3 Å². The fraction of sp³-hybridized carbons (Fsp3) is 0.455. The van der Waals surface area contributed by atoms with E-state index in [1.807, 2.05) is 0 Å². The van der Waals surface area contributed by atoms with Crippen molar-refractivity contribution in [2.75, 3.05) is 39.7 Å². The van der Waals surface area contributed by atoms with Crippen LogP contribution in [-0.4, -0.2) is 50.1 Å². The first-order valence-electron chi connectivity index (χ1n) is 5.07. The number of ether oxygens (including phenoxy) is 1. The lowest BCUT2D eigenvalue weighted by atomic mass is 10.2. The SMILES string of the molecule is CNc1ccncc1C(=O)N(C)CCOC. The van der Waals surface area contributed by atoms with Gasteiger partial charge in [-0.3, -0.25) is 9.78 Å². The summed E-state index contributed by atoms with van der Waals surface area (Å²) in [6.07, 6.45) is 3.22. The van der Waals surface area contributed by atoms with Gasteiger partial charge in [-0.2, -0.15) is 0 Å². The highest BCUT2D eigenvalue weighted by Gasteiger charge is 2.14. The molecule has 0 unspecified atom stereocenters. The Morgan fingerprint density at radius 1 is 1.62 bits per heavy atom. The summed E-state index contributed by atoms with van der Waals surface area (Å²) in [7, 11) is 5.14. The zero-order valence-electron chi connectivity index (χ0n) is 9.86. The minimum Gasteiger partial charge on any atom is -0.387 e. The number of hydrogen-bond acceptors (Lipinski definition) is 4. The van der Waals surface area contributed by atoms with Gasteiger partial charge in [0, 0.05) is 45.8 Å². The lowest BCUT2D eigenvalue weighted by Gasteiger charge is -2.18. The molecule has 0 aromatic carbocycles. The fourth-order valence-electron chi connectivity index (χ4n) is 1.32. The Balaban J connectivity index is 2.79. The summed E-state index contributed by atoms with van der Waals surface area (Å²) in [6.45, 7) is 1.09. The molecule has 0 bridgehead atoms. The van der Waals surface area contributed by atoms with E-state index in [0.717, 1.165) is 5.69 Å². The zero-order valence-corrected chi connectivity index (χ0v) is 9.86. The van der Waals surface area contributed by atoms with Crippen LogP contribution in [0.15, 0.2) is 18.5 Å². The Morgan fingerprint density at radius 2 is 2.38 bits per heavy atom. The third-order valence-electron chi connectivity index (χ3n) is 2.30. The molecule has 16 heavy (non-hydrogen) atoms. The molecule has 0 saturated carbocycles. The molecule has 1 aromatic rings. The number of nitrogens with zero attached hydrogens (tertiary/aromatic N) is 2. The quantitative estimate of drug-likeness (QED) is 0.803. The molecule has 1 rings (SSSR count). The molecule has 0 aliphatic carbocycles. The summed E-state index contributed by atoms with van der Waals surface area (Å²) in [5, 5.41) is 2.97. The second-order valence-corrected chi connectivity index (χ2v) is 3.39. The molecule has 0 spiro atoms. The van der Waals surface area contributed by atoms with Crippen molar-refractivity contribution in [3.8, 4) is 0 Å². The van der Waals surface area contributed by atoms with Crippen molar-refractivity contribution in [2.24, 2.45) is 0 Å². The van der Waals surface area contributed by atoms with Crippen molar-refractivity contribution in [1.82, 2.24) is 9.88 Å². The molecule has 1 N–H and O–H groups in total. The van der Waals surface area contributed by atoms with Crippen LogP contribution < -0.4 is 5.32 Å². The van der Waals surface area contributed by atoms with E-state index in [1.165, 1.54) is 0 Å². The molecule has 0 radical (unpaired) electrons. The van der Waals surface area contributed by atoms with Crippen LogP contribution in [0.1, 0.15) is 10.4 Å². The number of anilines is 1. The lowest BCUT2D eigenvalue weighted by molar-refractivity contribution is 0.0745. The van der Waals surface area contributed by atoms with Crippen LogP contribution >= 0.6 is 0 Å². The Hall–Kier alpha value is -1.62. The molecule has 0 atom stereocenters. The van der Waals surface area contributed by atoms with Crippen LogP contribution in [0.4, 0.5) is 5.69 Å². The average molecular weight is 223 g/mol. The lowest BCUT2D eigenvalue weighted by Crippen LogP contribution is -2.30. The molecular weight excluding hydrogens is 206 g/mol. The highest BCUT2D eigenvalue weighted by Crippen LogP contribution is 2.14. The summed E-state index contributed by atoms with van der Waals surface area (Å²) in [5.74, 6) is -0.0606. The van der Waals surface area contributed by atoms with Crippen molar-refractivity contribution >= 4 is 11.6 Å². The van der Waals surface area contributed by atoms with Crippen LogP contribution in [-0.2, 0) is 4.74 Å². The van der Waals surface area contributed by atoms with E-state index >= 15 is 0 Å². The Bertz CT molecular complexity index is 355. The molecular formula is C11H17N3O2. The number of hydrogen-bond donors (Lipinski definition) is 1. The van der Waals surface area contributed by atoms with Gasteiger partial charge >= 0.3 is 0 Å². The molecule has 88 valence electrons. The summed E-state index contributed by atoms with van der Waals surface area (Å²) >= 11 is 0. The van der Waals surface area contributed by atoms with Crippen molar-refractivity contribution in [3.05, 3.63) is 24.0 Å². The minimum atomic E-state index is -0.0606. The van der Waals surface area contributed by atoms with Crippen molar-refractivity contribution < 1.29 is 9.53 Å². The van der Waals surface area contributed by atoms with Crippen molar-refractivity contribution in [2.45, 2.75) is 0 Å². The maximum atomic E-state index is 12.0. The van der Waals surface area contributed by atoms with Gasteiger partial charge in [0.15, 0.2) is 0 Å². The predicted molar refractivity (Wildman–Crippen MR) is 62.6 cm³/mol. The Morgan fingerprint density at radius 3 is 3.00 bits per heavy atom. The van der Waals surface area contributed by atoms with Crippen LogP contribution in [0.5, 0.6) is 0 Å². The zero-order chi connectivity index (χ0) is 12.0. The molecule has 1 amide bonds. The van der Waals surface area contributed by atoms with Crippen LogP contribution in [0, 0.1) is 0 Å². The van der Waals surface area contributed by atoms with Gasteiger partial charge in [-0.25, -0.2) is 0 Å². The van der Waals surface area contributed by atoms with Gasteiger partial charge in [0.1, 0.15) is 0 Å². The molecule has 0 aliphatic rings. The normalized spacial score (nSPS) is 9.94. The van der Waals surface area contributed by atoms with Crippen LogP contribution in [0.25, 0.3) is 0 Å². The largest absolute Gasteiger partial charge is 0.387 e. The molecule has 5 heteroatoms. The molecule has 0 fully saturated rings. The third-order valence-corrected chi connectivity index (χ3v) is 2.30. The minimum absolute atomic E-state index is 0.0606. The Labute approximate surface area is 95.4 Å². The van der Waals surface area contributed by atoms with Gasteiger partial charge in [0.25, 0.3) is 5.91 Å². The van der Waals surface area contributed by atoms with E-state index < -0.39 is 0 Å². The molecule has 0 saturated heterocycles. The molecule has 0 aliphatic heterocycles. The van der Waals surface area contributed by atoms with Gasteiger partial charge in [-0.1, -0.05) is 0 Å². The van der Waals surface area contributed by atoms with Crippen LogP contribution in [0.2, 0.25) is 0 Å². The monoisotopic (exact) mass is 223 g/mol. The second-order valence-electron chi connectivity index (χ2n) is 3.39. The van der Waals surface area contributed by atoms with E-state index in [4.69, 9.17) is 4.74 Å². The number of carbonyl (C=O) groups excluding carboxylic acids is 1.